The molecule has 1 saturated heterocycles. The molecule has 4 aromatic carbocycles. The molecule has 0 radical (unpaired) electrons. The Bertz CT molecular complexity index is 1540. The van der Waals surface area contributed by atoms with Crippen LogP contribution in [0.1, 0.15) is 45.9 Å². The molecule has 0 bridgehead atoms. The number of halogens is 5. The second kappa shape index (κ2) is 13.0. The van der Waals surface area contributed by atoms with Gasteiger partial charge in [-0.1, -0.05) is 54.6 Å². The summed E-state index contributed by atoms with van der Waals surface area (Å²) in [5.74, 6) is -12.1. The minimum Gasteiger partial charge on any atom is -0.392 e. The molecule has 1 aliphatic rings. The Hall–Kier alpha value is -3.77. The van der Waals surface area contributed by atoms with Gasteiger partial charge in [0.25, 0.3) is 5.91 Å². The number of anilines is 1. The van der Waals surface area contributed by atoms with Crippen LogP contribution < -0.4 is 5.32 Å². The SMILES string of the molecule is O=C(Nc1cccc([C@@H]2O[C@H](CSc3ccccc3)C[C@H](c3ccc(CO)cc3)O2)c1)c1c(F)c(F)c(F)c(F)c1F. The second-order valence-electron chi connectivity index (χ2n) is 9.50. The molecule has 1 aliphatic heterocycles. The highest BCUT2D eigenvalue weighted by molar-refractivity contribution is 7.99. The maximum atomic E-state index is 14.2. The minimum atomic E-state index is -2.35. The van der Waals surface area contributed by atoms with Gasteiger partial charge >= 0.3 is 0 Å². The lowest BCUT2D eigenvalue weighted by Crippen LogP contribution is -2.31. The van der Waals surface area contributed by atoms with Gasteiger partial charge in [0.05, 0.1) is 18.8 Å². The molecule has 1 fully saturated rings. The summed E-state index contributed by atoms with van der Waals surface area (Å²) in [5, 5.41) is 11.6. The van der Waals surface area contributed by atoms with Gasteiger partial charge in [-0.2, -0.15) is 0 Å². The molecule has 4 aromatic rings. The number of benzene rings is 4. The summed E-state index contributed by atoms with van der Waals surface area (Å²) >= 11 is 1.61. The first-order chi connectivity index (χ1) is 20.2. The van der Waals surface area contributed by atoms with E-state index in [0.717, 1.165) is 16.0 Å². The molecule has 0 spiro atoms. The van der Waals surface area contributed by atoms with E-state index >= 15 is 0 Å². The fourth-order valence-corrected chi connectivity index (χ4v) is 5.43. The maximum Gasteiger partial charge on any atom is 0.261 e. The summed E-state index contributed by atoms with van der Waals surface area (Å²) in [6.45, 7) is -0.0998. The van der Waals surface area contributed by atoms with E-state index in [2.05, 4.69) is 5.32 Å². The first kappa shape index (κ1) is 29.7. The Morgan fingerprint density at radius 1 is 0.810 bits per heavy atom. The Balaban J connectivity index is 1.38. The molecular weight excluding hydrogens is 577 g/mol. The highest BCUT2D eigenvalue weighted by atomic mass is 32.2. The van der Waals surface area contributed by atoms with E-state index in [1.54, 1.807) is 30.0 Å². The Labute approximate surface area is 242 Å². The van der Waals surface area contributed by atoms with E-state index in [4.69, 9.17) is 9.47 Å². The summed E-state index contributed by atoms with van der Waals surface area (Å²) < 4.78 is 81.6. The summed E-state index contributed by atoms with van der Waals surface area (Å²) in [5.41, 5.74) is 0.503. The van der Waals surface area contributed by atoms with Gasteiger partial charge in [-0.15, -0.1) is 11.8 Å². The van der Waals surface area contributed by atoms with Gasteiger partial charge < -0.3 is 19.9 Å². The molecule has 1 amide bonds. The van der Waals surface area contributed by atoms with E-state index < -0.39 is 46.8 Å². The van der Waals surface area contributed by atoms with Crippen LogP contribution in [0.2, 0.25) is 0 Å². The molecule has 1 heterocycles. The van der Waals surface area contributed by atoms with Gasteiger partial charge in [0.1, 0.15) is 5.56 Å². The van der Waals surface area contributed by atoms with Crippen molar-refractivity contribution >= 4 is 23.4 Å². The van der Waals surface area contributed by atoms with Gasteiger partial charge in [-0.05, 0) is 35.4 Å². The van der Waals surface area contributed by atoms with E-state index in [1.165, 1.54) is 18.2 Å². The lowest BCUT2D eigenvalue weighted by molar-refractivity contribution is -0.245. The van der Waals surface area contributed by atoms with Crippen molar-refractivity contribution in [2.24, 2.45) is 0 Å². The number of carbonyl (C=O) groups is 1. The Kier molecular flexibility index (Phi) is 9.22. The predicted octanol–water partition coefficient (Wildman–Crippen LogP) is 7.46. The van der Waals surface area contributed by atoms with Crippen LogP contribution in [0.3, 0.4) is 0 Å². The fourth-order valence-electron chi connectivity index (χ4n) is 4.49. The number of aliphatic hydroxyl groups is 1. The van der Waals surface area contributed by atoms with Crippen LogP contribution in [0.25, 0.3) is 0 Å². The van der Waals surface area contributed by atoms with Gasteiger partial charge in [0.2, 0.25) is 5.82 Å². The molecule has 42 heavy (non-hydrogen) atoms. The third-order valence-corrected chi connectivity index (χ3v) is 7.79. The monoisotopic (exact) mass is 601 g/mol. The average molecular weight is 602 g/mol. The predicted molar refractivity (Wildman–Crippen MR) is 146 cm³/mol. The van der Waals surface area contributed by atoms with Crippen molar-refractivity contribution in [3.63, 3.8) is 0 Å². The molecule has 5 nitrogen and oxygen atoms in total. The normalized spacial score (nSPS) is 18.6. The van der Waals surface area contributed by atoms with Crippen molar-refractivity contribution in [1.82, 2.24) is 0 Å². The maximum absolute atomic E-state index is 14.2. The summed E-state index contributed by atoms with van der Waals surface area (Å²) in [7, 11) is 0. The number of hydrogen-bond acceptors (Lipinski definition) is 5. The van der Waals surface area contributed by atoms with Crippen LogP contribution in [-0.4, -0.2) is 22.9 Å². The molecule has 0 aliphatic carbocycles. The third-order valence-electron chi connectivity index (χ3n) is 6.65. The van der Waals surface area contributed by atoms with E-state index in [1.807, 2.05) is 42.5 Å². The first-order valence-electron chi connectivity index (χ1n) is 12.9. The smallest absolute Gasteiger partial charge is 0.261 e. The van der Waals surface area contributed by atoms with Gasteiger partial charge in [-0.3, -0.25) is 4.79 Å². The number of ether oxygens (including phenoxy) is 2. The van der Waals surface area contributed by atoms with Crippen molar-refractivity contribution in [3.05, 3.63) is 130 Å². The van der Waals surface area contributed by atoms with E-state index in [9.17, 15) is 31.9 Å². The number of rotatable bonds is 8. The topological polar surface area (TPSA) is 67.8 Å². The van der Waals surface area contributed by atoms with Gasteiger partial charge in [0.15, 0.2) is 29.6 Å². The zero-order chi connectivity index (χ0) is 29.8. The quantitative estimate of drug-likeness (QED) is 0.0950. The van der Waals surface area contributed by atoms with Gasteiger partial charge in [0, 0.05) is 28.3 Å². The highest BCUT2D eigenvalue weighted by Crippen LogP contribution is 2.40. The Morgan fingerprint density at radius 2 is 1.48 bits per heavy atom. The molecule has 0 saturated carbocycles. The number of nitrogens with one attached hydrogen (secondary N) is 1. The minimum absolute atomic E-state index is 0.0262. The largest absolute Gasteiger partial charge is 0.392 e. The standard InChI is InChI=1S/C31H24F5NO4S/c32-25-24(26(33)28(35)29(36)27(25)34)30(39)37-20-6-4-5-19(13-20)31-40-21(16-42-22-7-2-1-3-8-22)14-23(41-31)18-11-9-17(15-38)10-12-18/h1-13,21,23,31,38H,14-16H2,(H,37,39)/t21-,23+,31+/m0/s1. The van der Waals surface area contributed by atoms with E-state index in [-0.39, 0.29) is 24.5 Å². The first-order valence-corrected chi connectivity index (χ1v) is 13.8. The molecule has 11 heteroatoms. The summed E-state index contributed by atoms with van der Waals surface area (Å²) in [6, 6.07) is 23.1. The molecular formula is C31H24F5NO4S. The van der Waals surface area contributed by atoms with Crippen LogP contribution in [-0.2, 0) is 16.1 Å². The van der Waals surface area contributed by atoms with Crippen molar-refractivity contribution < 1.29 is 41.3 Å². The van der Waals surface area contributed by atoms with Crippen LogP contribution in [0, 0.1) is 29.1 Å². The summed E-state index contributed by atoms with van der Waals surface area (Å²) in [6.07, 6.45) is -1.02. The lowest BCUT2D eigenvalue weighted by Gasteiger charge is -2.36. The fraction of sp³-hybridized carbons (Fsp3) is 0.194. The number of thioether (sulfide) groups is 1. The van der Waals surface area contributed by atoms with E-state index in [0.29, 0.717) is 17.7 Å². The number of amides is 1. The number of aliphatic hydroxyl groups excluding tert-OH is 1. The number of hydrogen-bond donors (Lipinski definition) is 2. The molecule has 3 atom stereocenters. The van der Waals surface area contributed by atoms with Crippen molar-refractivity contribution in [3.8, 4) is 0 Å². The lowest BCUT2D eigenvalue weighted by atomic mass is 10.0. The van der Waals surface area contributed by atoms with Crippen LogP contribution in [0.4, 0.5) is 27.6 Å². The summed E-state index contributed by atoms with van der Waals surface area (Å²) in [4.78, 5) is 13.7. The van der Waals surface area contributed by atoms with Crippen molar-refractivity contribution in [1.29, 1.82) is 0 Å². The molecule has 218 valence electrons. The van der Waals surface area contributed by atoms with Crippen LogP contribution in [0.5, 0.6) is 0 Å². The highest BCUT2D eigenvalue weighted by Gasteiger charge is 2.33. The third kappa shape index (κ3) is 6.49. The molecule has 5 rings (SSSR count). The zero-order valence-corrected chi connectivity index (χ0v) is 22.6. The van der Waals surface area contributed by atoms with Crippen LogP contribution in [0.15, 0.2) is 83.8 Å². The van der Waals surface area contributed by atoms with Crippen molar-refractivity contribution in [2.45, 2.75) is 36.4 Å². The van der Waals surface area contributed by atoms with Crippen LogP contribution >= 0.6 is 11.8 Å². The number of carbonyl (C=O) groups excluding carboxylic acids is 1. The second-order valence-corrected chi connectivity index (χ2v) is 10.6. The molecule has 0 unspecified atom stereocenters. The molecule has 0 aromatic heterocycles. The Morgan fingerprint density at radius 3 is 2.14 bits per heavy atom. The zero-order valence-electron chi connectivity index (χ0n) is 21.8. The van der Waals surface area contributed by atoms with Crippen molar-refractivity contribution in [2.75, 3.05) is 11.1 Å². The molecule has 2 N–H and O–H groups in total. The average Bonchev–Trinajstić information content (AvgIpc) is 3.02. The van der Waals surface area contributed by atoms with Gasteiger partial charge in [-0.25, -0.2) is 22.0 Å².